The van der Waals surface area contributed by atoms with Gasteiger partial charge in [0.1, 0.15) is 5.75 Å². The third-order valence-corrected chi connectivity index (χ3v) is 2.28. The zero-order valence-electron chi connectivity index (χ0n) is 10.1. The van der Waals surface area contributed by atoms with Gasteiger partial charge in [-0.3, -0.25) is 0 Å². The molecule has 0 amide bonds. The molecule has 0 fully saturated rings. The van der Waals surface area contributed by atoms with Crippen LogP contribution in [-0.4, -0.2) is 12.4 Å². The van der Waals surface area contributed by atoms with E-state index in [1.807, 2.05) is 6.92 Å². The maximum absolute atomic E-state index is 12.0. The molecule has 1 unspecified atom stereocenters. The van der Waals surface area contributed by atoms with Gasteiger partial charge in [-0.25, -0.2) is 0 Å². The van der Waals surface area contributed by atoms with Gasteiger partial charge in [0, 0.05) is 17.8 Å². The van der Waals surface area contributed by atoms with Gasteiger partial charge in [-0.15, -0.1) is 19.8 Å². The number of alkyl halides is 3. The van der Waals surface area contributed by atoms with E-state index in [0.717, 1.165) is 12.8 Å². The Labute approximate surface area is 104 Å². The van der Waals surface area contributed by atoms with Gasteiger partial charge in [0.2, 0.25) is 0 Å². The largest absolute Gasteiger partial charge is 0.573 e. The molecular weight excluding hydrogens is 243 g/mol. The third kappa shape index (κ3) is 5.61. The van der Waals surface area contributed by atoms with Crippen molar-refractivity contribution in [2.75, 3.05) is 5.32 Å². The molecular formula is C13H16F3NO. The van der Waals surface area contributed by atoms with Crippen molar-refractivity contribution < 1.29 is 17.9 Å². The summed E-state index contributed by atoms with van der Waals surface area (Å²) in [5.41, 5.74) is 0.605. The first-order valence-corrected chi connectivity index (χ1v) is 5.64. The smallest absolute Gasteiger partial charge is 0.406 e. The summed E-state index contributed by atoms with van der Waals surface area (Å²) in [6, 6.07) is 5.98. The van der Waals surface area contributed by atoms with E-state index in [4.69, 9.17) is 0 Å². The first-order chi connectivity index (χ1) is 8.40. The summed E-state index contributed by atoms with van der Waals surface area (Å²) < 4.78 is 40.0. The van der Waals surface area contributed by atoms with Crippen molar-refractivity contribution in [3.05, 3.63) is 36.9 Å². The number of ether oxygens (including phenoxy) is 1. The minimum atomic E-state index is -4.66. The van der Waals surface area contributed by atoms with E-state index in [0.29, 0.717) is 5.69 Å². The number of nitrogens with one attached hydrogen (secondary N) is 1. The van der Waals surface area contributed by atoms with Gasteiger partial charge in [-0.1, -0.05) is 12.1 Å². The lowest BCUT2D eigenvalue weighted by molar-refractivity contribution is -0.274. The van der Waals surface area contributed by atoms with Gasteiger partial charge < -0.3 is 10.1 Å². The standard InChI is InChI=1S/C13H16F3NO/c1-3-4-6-10(2)17-11-7-5-8-12(9-11)18-13(14,15)16/h3,5,7-10,17H,1,4,6H2,2H3. The van der Waals surface area contributed by atoms with E-state index < -0.39 is 6.36 Å². The fraction of sp³-hybridized carbons (Fsp3) is 0.385. The van der Waals surface area contributed by atoms with Crippen LogP contribution in [0.5, 0.6) is 5.75 Å². The highest BCUT2D eigenvalue weighted by Gasteiger charge is 2.31. The van der Waals surface area contributed by atoms with E-state index in [1.165, 1.54) is 18.2 Å². The molecule has 1 atom stereocenters. The molecule has 0 bridgehead atoms. The Morgan fingerprint density at radius 3 is 2.78 bits per heavy atom. The first-order valence-electron chi connectivity index (χ1n) is 5.64. The highest BCUT2D eigenvalue weighted by Crippen LogP contribution is 2.25. The quantitative estimate of drug-likeness (QED) is 0.767. The summed E-state index contributed by atoms with van der Waals surface area (Å²) in [6.07, 6.45) is -1.13. The maximum Gasteiger partial charge on any atom is 0.573 e. The Balaban J connectivity index is 2.61. The molecule has 18 heavy (non-hydrogen) atoms. The van der Waals surface area contributed by atoms with Gasteiger partial charge in [0.15, 0.2) is 0 Å². The summed E-state index contributed by atoms with van der Waals surface area (Å²) >= 11 is 0. The van der Waals surface area contributed by atoms with Crippen molar-refractivity contribution in [3.8, 4) is 5.75 Å². The zero-order valence-corrected chi connectivity index (χ0v) is 10.1. The predicted octanol–water partition coefficient (Wildman–Crippen LogP) is 4.35. The minimum Gasteiger partial charge on any atom is -0.406 e. The minimum absolute atomic E-state index is 0.157. The lowest BCUT2D eigenvalue weighted by Crippen LogP contribution is -2.18. The normalized spacial score (nSPS) is 12.9. The van der Waals surface area contributed by atoms with E-state index in [1.54, 1.807) is 12.1 Å². The van der Waals surface area contributed by atoms with Crippen LogP contribution >= 0.6 is 0 Å². The molecule has 1 aromatic rings. The second-order valence-electron chi connectivity index (χ2n) is 3.99. The SMILES string of the molecule is C=CCCC(C)Nc1cccc(OC(F)(F)F)c1. The molecule has 0 aliphatic carbocycles. The summed E-state index contributed by atoms with van der Waals surface area (Å²) in [5.74, 6) is -0.219. The van der Waals surface area contributed by atoms with Crippen molar-refractivity contribution >= 4 is 5.69 Å². The Morgan fingerprint density at radius 1 is 1.44 bits per heavy atom. The van der Waals surface area contributed by atoms with Crippen LogP contribution < -0.4 is 10.1 Å². The highest BCUT2D eigenvalue weighted by molar-refractivity contribution is 5.48. The Kier molecular flexibility index (Phi) is 5.07. The predicted molar refractivity (Wildman–Crippen MR) is 65.6 cm³/mol. The third-order valence-electron chi connectivity index (χ3n) is 2.28. The lowest BCUT2D eigenvalue weighted by atomic mass is 10.1. The Morgan fingerprint density at radius 2 is 2.17 bits per heavy atom. The number of allylic oxidation sites excluding steroid dienone is 1. The monoisotopic (exact) mass is 259 g/mol. The number of hydrogen-bond donors (Lipinski definition) is 1. The van der Waals surface area contributed by atoms with Gasteiger partial charge in [0.25, 0.3) is 0 Å². The first kappa shape index (κ1) is 14.4. The van der Waals surface area contributed by atoms with Crippen LogP contribution in [0.1, 0.15) is 19.8 Å². The van der Waals surface area contributed by atoms with Crippen LogP contribution in [0, 0.1) is 0 Å². The molecule has 0 spiro atoms. The fourth-order valence-corrected chi connectivity index (χ4v) is 1.51. The molecule has 5 heteroatoms. The number of benzene rings is 1. The molecule has 100 valence electrons. The van der Waals surface area contributed by atoms with Crippen LogP contribution in [0.3, 0.4) is 0 Å². The van der Waals surface area contributed by atoms with Crippen LogP contribution in [0.2, 0.25) is 0 Å². The van der Waals surface area contributed by atoms with Crippen LogP contribution in [0.25, 0.3) is 0 Å². The summed E-state index contributed by atoms with van der Waals surface area (Å²) in [7, 11) is 0. The number of rotatable bonds is 6. The van der Waals surface area contributed by atoms with Gasteiger partial charge in [-0.2, -0.15) is 0 Å². The summed E-state index contributed by atoms with van der Waals surface area (Å²) in [6.45, 7) is 5.58. The number of halogens is 3. The van der Waals surface area contributed by atoms with E-state index in [-0.39, 0.29) is 11.8 Å². The molecule has 2 nitrogen and oxygen atoms in total. The van der Waals surface area contributed by atoms with E-state index in [9.17, 15) is 13.2 Å². The zero-order chi connectivity index (χ0) is 13.6. The molecule has 0 aromatic heterocycles. The van der Waals surface area contributed by atoms with Crippen LogP contribution in [0.15, 0.2) is 36.9 Å². The highest BCUT2D eigenvalue weighted by atomic mass is 19.4. The van der Waals surface area contributed by atoms with Crippen molar-refractivity contribution in [2.45, 2.75) is 32.2 Å². The number of anilines is 1. The topological polar surface area (TPSA) is 21.3 Å². The lowest BCUT2D eigenvalue weighted by Gasteiger charge is -2.15. The summed E-state index contributed by atoms with van der Waals surface area (Å²) in [4.78, 5) is 0. The van der Waals surface area contributed by atoms with Crippen molar-refractivity contribution in [3.63, 3.8) is 0 Å². The van der Waals surface area contributed by atoms with Crippen LogP contribution in [-0.2, 0) is 0 Å². The average Bonchev–Trinajstić information content (AvgIpc) is 2.24. The molecule has 0 saturated carbocycles. The average molecular weight is 259 g/mol. The molecule has 0 radical (unpaired) electrons. The second-order valence-corrected chi connectivity index (χ2v) is 3.99. The van der Waals surface area contributed by atoms with Crippen LogP contribution in [0.4, 0.5) is 18.9 Å². The van der Waals surface area contributed by atoms with Crippen molar-refractivity contribution in [1.82, 2.24) is 0 Å². The van der Waals surface area contributed by atoms with Crippen molar-refractivity contribution in [2.24, 2.45) is 0 Å². The van der Waals surface area contributed by atoms with E-state index in [2.05, 4.69) is 16.6 Å². The molecule has 1 rings (SSSR count). The molecule has 1 N–H and O–H groups in total. The van der Waals surface area contributed by atoms with E-state index >= 15 is 0 Å². The summed E-state index contributed by atoms with van der Waals surface area (Å²) in [5, 5.41) is 3.11. The molecule has 0 aliphatic heterocycles. The Bertz CT molecular complexity index is 390. The van der Waals surface area contributed by atoms with Gasteiger partial charge in [0.05, 0.1) is 0 Å². The molecule has 0 heterocycles. The maximum atomic E-state index is 12.0. The second kappa shape index (κ2) is 6.33. The Hall–Kier alpha value is -1.65. The molecule has 1 aromatic carbocycles. The fourth-order valence-electron chi connectivity index (χ4n) is 1.51. The molecule has 0 saturated heterocycles. The molecule has 0 aliphatic rings. The number of hydrogen-bond acceptors (Lipinski definition) is 2. The van der Waals surface area contributed by atoms with Gasteiger partial charge in [-0.05, 0) is 31.9 Å². The van der Waals surface area contributed by atoms with Crippen molar-refractivity contribution in [1.29, 1.82) is 0 Å². The van der Waals surface area contributed by atoms with Gasteiger partial charge >= 0.3 is 6.36 Å².